The second-order valence-electron chi connectivity index (χ2n) is 4.53. The summed E-state index contributed by atoms with van der Waals surface area (Å²) in [6.45, 7) is 9.67. The van der Waals surface area contributed by atoms with Crippen molar-refractivity contribution >= 4 is 11.9 Å². The Labute approximate surface area is 123 Å². The summed E-state index contributed by atoms with van der Waals surface area (Å²) in [7, 11) is 2.76. The van der Waals surface area contributed by atoms with Crippen LogP contribution < -0.4 is 0 Å². The van der Waals surface area contributed by atoms with Gasteiger partial charge in [0.05, 0.1) is 30.0 Å². The highest BCUT2D eigenvalue weighted by Crippen LogP contribution is 2.33. The highest BCUT2D eigenvalue weighted by molar-refractivity contribution is 5.89. The highest BCUT2D eigenvalue weighted by atomic mass is 16.6. The Morgan fingerprint density at radius 2 is 1.48 bits per heavy atom. The monoisotopic (exact) mass is 302 g/mol. The fraction of sp³-hybridized carbons (Fsp3) is 0.571. The first kappa shape index (κ1) is 19.3. The van der Waals surface area contributed by atoms with Crippen LogP contribution in [0.5, 0.6) is 0 Å². The van der Waals surface area contributed by atoms with Crippen molar-refractivity contribution in [2.24, 2.45) is 0 Å². The summed E-state index contributed by atoms with van der Waals surface area (Å²) in [4.78, 5) is 22.2. The lowest BCUT2D eigenvalue weighted by molar-refractivity contribution is -0.172. The van der Waals surface area contributed by atoms with E-state index in [0.717, 1.165) is 0 Å². The van der Waals surface area contributed by atoms with Gasteiger partial charge in [0.25, 0.3) is 0 Å². The maximum Gasteiger partial charge on any atom is 0.334 e. The zero-order chi connectivity index (χ0) is 16.8. The molecule has 0 aromatic heterocycles. The molecule has 0 amide bonds. The van der Waals surface area contributed by atoms with Gasteiger partial charge in [-0.15, -0.1) is 0 Å². The summed E-state index contributed by atoms with van der Waals surface area (Å²) in [5, 5.41) is 18.1. The van der Waals surface area contributed by atoms with E-state index in [1.165, 1.54) is 14.2 Å². The minimum atomic E-state index is -1.55. The van der Waals surface area contributed by atoms with Gasteiger partial charge in [0.1, 0.15) is 0 Å². The van der Waals surface area contributed by atoms with Gasteiger partial charge in [0.2, 0.25) is 0 Å². The van der Waals surface area contributed by atoms with Gasteiger partial charge in [-0.1, -0.05) is 13.2 Å². The number of rotatable bonds is 10. The van der Waals surface area contributed by atoms with E-state index in [0.29, 0.717) is 0 Å². The van der Waals surface area contributed by atoms with E-state index in [4.69, 9.17) is 19.3 Å². The molecule has 0 saturated heterocycles. The highest BCUT2D eigenvalue weighted by Gasteiger charge is 2.49. The van der Waals surface area contributed by atoms with Gasteiger partial charge in [0, 0.05) is 14.2 Å². The van der Waals surface area contributed by atoms with E-state index in [9.17, 15) is 14.7 Å². The van der Waals surface area contributed by atoms with Crippen LogP contribution in [0.25, 0.3) is 0 Å². The van der Waals surface area contributed by atoms with E-state index in [1.54, 1.807) is 13.8 Å². The number of hydrogen-bond donors (Lipinski definition) is 2. The van der Waals surface area contributed by atoms with Gasteiger partial charge in [-0.05, 0) is 13.8 Å². The molecule has 7 nitrogen and oxygen atoms in total. The summed E-state index contributed by atoms with van der Waals surface area (Å²) in [5.74, 6) is -2.52. The molecule has 0 rings (SSSR count). The summed E-state index contributed by atoms with van der Waals surface area (Å²) >= 11 is 0. The standard InChI is InChI=1S/C14H22O7/c1-8(12(15)16)7-21-14(10(3)19-5,11(4)20-6)9(2)13(17)18/h10-11H,1-2,7H2,3-6H3,(H,15,16)(H,17,18). The maximum absolute atomic E-state index is 11.3. The number of ether oxygens (including phenoxy) is 3. The molecule has 7 heteroatoms. The number of hydrogen-bond acceptors (Lipinski definition) is 5. The van der Waals surface area contributed by atoms with Crippen molar-refractivity contribution in [1.29, 1.82) is 0 Å². The maximum atomic E-state index is 11.3. The van der Waals surface area contributed by atoms with Crippen LogP contribution in [-0.2, 0) is 23.8 Å². The fourth-order valence-corrected chi connectivity index (χ4v) is 1.93. The first-order valence-electron chi connectivity index (χ1n) is 6.18. The second kappa shape index (κ2) is 7.92. The minimum absolute atomic E-state index is 0.218. The van der Waals surface area contributed by atoms with Crippen molar-refractivity contribution in [2.75, 3.05) is 20.8 Å². The molecular formula is C14H22O7. The van der Waals surface area contributed by atoms with Crippen LogP contribution in [0, 0.1) is 0 Å². The normalized spacial score (nSPS) is 16.6. The molecular weight excluding hydrogens is 280 g/mol. The van der Waals surface area contributed by atoms with Crippen molar-refractivity contribution in [1.82, 2.24) is 0 Å². The van der Waals surface area contributed by atoms with Gasteiger partial charge in [0.15, 0.2) is 5.60 Å². The van der Waals surface area contributed by atoms with Gasteiger partial charge < -0.3 is 24.4 Å². The van der Waals surface area contributed by atoms with E-state index in [-0.39, 0.29) is 17.8 Å². The second-order valence-corrected chi connectivity index (χ2v) is 4.53. The lowest BCUT2D eigenvalue weighted by Crippen LogP contribution is -2.56. The first-order valence-corrected chi connectivity index (χ1v) is 6.18. The summed E-state index contributed by atoms with van der Waals surface area (Å²) in [6, 6.07) is 0. The van der Waals surface area contributed by atoms with E-state index in [2.05, 4.69) is 13.2 Å². The van der Waals surface area contributed by atoms with Crippen LogP contribution >= 0.6 is 0 Å². The topological polar surface area (TPSA) is 102 Å². The van der Waals surface area contributed by atoms with Gasteiger partial charge >= 0.3 is 11.9 Å². The molecule has 0 aliphatic carbocycles. The Morgan fingerprint density at radius 3 is 1.76 bits per heavy atom. The molecule has 2 atom stereocenters. The lowest BCUT2D eigenvalue weighted by atomic mass is 9.83. The molecule has 0 aromatic carbocycles. The van der Waals surface area contributed by atoms with E-state index in [1.807, 2.05) is 0 Å². The average molecular weight is 302 g/mol. The Bertz CT molecular complexity index is 417. The summed E-state index contributed by atoms with van der Waals surface area (Å²) < 4.78 is 16.0. The van der Waals surface area contributed by atoms with Crippen molar-refractivity contribution in [3.63, 3.8) is 0 Å². The van der Waals surface area contributed by atoms with Crippen LogP contribution in [0.3, 0.4) is 0 Å². The average Bonchev–Trinajstić information content (AvgIpc) is 2.45. The molecule has 0 bridgehead atoms. The Hall–Kier alpha value is -1.70. The number of carbonyl (C=O) groups is 2. The summed E-state index contributed by atoms with van der Waals surface area (Å²) in [6.07, 6.45) is -1.48. The zero-order valence-electron chi connectivity index (χ0n) is 12.7. The van der Waals surface area contributed by atoms with Gasteiger partial charge in [-0.3, -0.25) is 0 Å². The van der Waals surface area contributed by atoms with Crippen molar-refractivity contribution < 1.29 is 34.0 Å². The number of methoxy groups -OCH3 is 2. The third kappa shape index (κ3) is 4.13. The molecule has 120 valence electrons. The molecule has 0 saturated carbocycles. The molecule has 0 fully saturated rings. The Balaban J connectivity index is 5.68. The zero-order valence-corrected chi connectivity index (χ0v) is 12.7. The number of aliphatic carboxylic acids is 2. The Kier molecular flexibility index (Phi) is 7.28. The number of carboxylic acid groups (broad SMARTS) is 2. The molecule has 21 heavy (non-hydrogen) atoms. The molecule has 2 unspecified atom stereocenters. The van der Waals surface area contributed by atoms with Gasteiger partial charge in [-0.25, -0.2) is 9.59 Å². The van der Waals surface area contributed by atoms with Crippen LogP contribution in [0.15, 0.2) is 24.3 Å². The minimum Gasteiger partial charge on any atom is -0.478 e. The molecule has 0 radical (unpaired) electrons. The van der Waals surface area contributed by atoms with Gasteiger partial charge in [-0.2, -0.15) is 0 Å². The molecule has 0 spiro atoms. The van der Waals surface area contributed by atoms with Crippen LogP contribution in [0.2, 0.25) is 0 Å². The van der Waals surface area contributed by atoms with Crippen LogP contribution in [0.4, 0.5) is 0 Å². The molecule has 0 heterocycles. The molecule has 0 aliphatic rings. The lowest BCUT2D eigenvalue weighted by Gasteiger charge is -2.42. The predicted octanol–water partition coefficient (Wildman–Crippen LogP) is 1.09. The molecule has 0 aliphatic heterocycles. The van der Waals surface area contributed by atoms with E-state index >= 15 is 0 Å². The first-order chi connectivity index (χ1) is 9.64. The van der Waals surface area contributed by atoms with E-state index < -0.39 is 29.7 Å². The van der Waals surface area contributed by atoms with Crippen LogP contribution in [0.1, 0.15) is 13.8 Å². The fourth-order valence-electron chi connectivity index (χ4n) is 1.93. The smallest absolute Gasteiger partial charge is 0.334 e. The quantitative estimate of drug-likeness (QED) is 0.582. The molecule has 2 N–H and O–H groups in total. The SMILES string of the molecule is C=C(COC(C(=C)C(=O)O)(C(C)OC)C(C)OC)C(=O)O. The number of carboxylic acids is 2. The third-order valence-corrected chi connectivity index (χ3v) is 3.43. The Morgan fingerprint density at radius 1 is 1.05 bits per heavy atom. The van der Waals surface area contributed by atoms with Crippen molar-refractivity contribution in [2.45, 2.75) is 31.7 Å². The largest absolute Gasteiger partial charge is 0.478 e. The molecule has 0 aromatic rings. The predicted molar refractivity (Wildman–Crippen MR) is 75.2 cm³/mol. The van der Waals surface area contributed by atoms with Crippen molar-refractivity contribution in [3.8, 4) is 0 Å². The van der Waals surface area contributed by atoms with Crippen molar-refractivity contribution in [3.05, 3.63) is 24.3 Å². The summed E-state index contributed by atoms with van der Waals surface area (Å²) in [5.41, 5.74) is -2.05. The van der Waals surface area contributed by atoms with Crippen LogP contribution in [-0.4, -0.2) is 60.8 Å². The third-order valence-electron chi connectivity index (χ3n) is 3.43.